The van der Waals surface area contributed by atoms with Gasteiger partial charge in [0.1, 0.15) is 11.5 Å². The number of nitrogens with zero attached hydrogens (tertiary/aromatic N) is 1. The van der Waals surface area contributed by atoms with Gasteiger partial charge in [-0.3, -0.25) is 0 Å². The van der Waals surface area contributed by atoms with Crippen molar-refractivity contribution in [3.8, 4) is 11.5 Å². The van der Waals surface area contributed by atoms with Gasteiger partial charge in [0.15, 0.2) is 0 Å². The normalized spacial score (nSPS) is 20.8. The number of piperazine rings is 1. The fourth-order valence-electron chi connectivity index (χ4n) is 2.76. The standard InChI is InChI=1S/C15H20N2O4/c18-15(19)17-6-5-16-12(10-17)4-8-20-13-1-2-14-11(9-13)3-7-21-14/h1-2,9,12,16H,3-8,10H2,(H,18,19)/t12-/m1/s1. The molecule has 3 rings (SSSR count). The number of carboxylic acid groups (broad SMARTS) is 1. The predicted molar refractivity (Wildman–Crippen MR) is 77.1 cm³/mol. The molecule has 2 aliphatic rings. The van der Waals surface area contributed by atoms with Crippen LogP contribution in [0.15, 0.2) is 18.2 Å². The lowest BCUT2D eigenvalue weighted by Crippen LogP contribution is -2.52. The van der Waals surface area contributed by atoms with E-state index in [9.17, 15) is 4.79 Å². The molecule has 6 nitrogen and oxygen atoms in total. The molecule has 0 radical (unpaired) electrons. The molecule has 2 aliphatic heterocycles. The van der Waals surface area contributed by atoms with E-state index >= 15 is 0 Å². The summed E-state index contributed by atoms with van der Waals surface area (Å²) in [5.41, 5.74) is 1.19. The van der Waals surface area contributed by atoms with E-state index in [-0.39, 0.29) is 6.04 Å². The number of amides is 1. The minimum absolute atomic E-state index is 0.160. The molecular formula is C15H20N2O4. The molecule has 1 saturated heterocycles. The fourth-order valence-corrected chi connectivity index (χ4v) is 2.76. The third-order valence-corrected chi connectivity index (χ3v) is 3.92. The highest BCUT2D eigenvalue weighted by atomic mass is 16.5. The van der Waals surface area contributed by atoms with Crippen molar-refractivity contribution in [2.24, 2.45) is 0 Å². The summed E-state index contributed by atoms with van der Waals surface area (Å²) in [5, 5.41) is 12.3. The molecule has 0 unspecified atom stereocenters. The predicted octanol–water partition coefficient (Wildman–Crippen LogP) is 1.34. The Bertz CT molecular complexity index is 520. The average molecular weight is 292 g/mol. The lowest BCUT2D eigenvalue weighted by Gasteiger charge is -2.31. The van der Waals surface area contributed by atoms with E-state index in [1.54, 1.807) is 0 Å². The summed E-state index contributed by atoms with van der Waals surface area (Å²) >= 11 is 0. The summed E-state index contributed by atoms with van der Waals surface area (Å²) in [6, 6.07) is 6.05. The zero-order chi connectivity index (χ0) is 14.7. The zero-order valence-corrected chi connectivity index (χ0v) is 11.9. The van der Waals surface area contributed by atoms with Gasteiger partial charge >= 0.3 is 6.09 Å². The second-order valence-electron chi connectivity index (χ2n) is 5.38. The molecule has 2 N–H and O–H groups in total. The van der Waals surface area contributed by atoms with Crippen molar-refractivity contribution >= 4 is 6.09 Å². The van der Waals surface area contributed by atoms with Crippen molar-refractivity contribution in [1.29, 1.82) is 0 Å². The zero-order valence-electron chi connectivity index (χ0n) is 11.9. The summed E-state index contributed by atoms with van der Waals surface area (Å²) in [7, 11) is 0. The van der Waals surface area contributed by atoms with Crippen LogP contribution in [-0.4, -0.2) is 55.0 Å². The highest BCUT2D eigenvalue weighted by molar-refractivity contribution is 5.65. The Labute approximate surface area is 123 Å². The molecule has 0 aromatic heterocycles. The summed E-state index contributed by atoms with van der Waals surface area (Å²) in [6.45, 7) is 3.10. The van der Waals surface area contributed by atoms with Gasteiger partial charge in [-0.05, 0) is 24.6 Å². The number of nitrogens with one attached hydrogen (secondary N) is 1. The van der Waals surface area contributed by atoms with E-state index in [4.69, 9.17) is 14.6 Å². The molecule has 1 aromatic rings. The third-order valence-electron chi connectivity index (χ3n) is 3.92. The Hall–Kier alpha value is -1.95. The monoisotopic (exact) mass is 292 g/mol. The highest BCUT2D eigenvalue weighted by Crippen LogP contribution is 2.28. The van der Waals surface area contributed by atoms with Gasteiger partial charge in [0.2, 0.25) is 0 Å². The maximum absolute atomic E-state index is 11.0. The van der Waals surface area contributed by atoms with Crippen LogP contribution in [0.1, 0.15) is 12.0 Å². The Morgan fingerprint density at radius 3 is 3.29 bits per heavy atom. The maximum Gasteiger partial charge on any atom is 0.407 e. The molecule has 1 fully saturated rings. The molecule has 6 heteroatoms. The van der Waals surface area contributed by atoms with Gasteiger partial charge in [-0.25, -0.2) is 4.79 Å². The first kappa shape index (κ1) is 14.0. The minimum atomic E-state index is -0.846. The van der Waals surface area contributed by atoms with E-state index in [0.717, 1.165) is 30.9 Å². The van der Waals surface area contributed by atoms with Gasteiger partial charge in [-0.1, -0.05) is 0 Å². The number of fused-ring (bicyclic) bond motifs is 1. The lowest BCUT2D eigenvalue weighted by molar-refractivity contribution is 0.124. The van der Waals surface area contributed by atoms with Crippen molar-refractivity contribution in [1.82, 2.24) is 10.2 Å². The van der Waals surface area contributed by atoms with Crippen LogP contribution in [0.5, 0.6) is 11.5 Å². The van der Waals surface area contributed by atoms with Crippen molar-refractivity contribution < 1.29 is 19.4 Å². The maximum atomic E-state index is 11.0. The first-order chi connectivity index (χ1) is 10.2. The molecule has 1 amide bonds. The van der Waals surface area contributed by atoms with Crippen molar-refractivity contribution in [3.63, 3.8) is 0 Å². The Kier molecular flexibility index (Phi) is 4.15. The number of benzene rings is 1. The van der Waals surface area contributed by atoms with Gasteiger partial charge in [0.25, 0.3) is 0 Å². The fraction of sp³-hybridized carbons (Fsp3) is 0.533. The van der Waals surface area contributed by atoms with Crippen LogP contribution in [0.2, 0.25) is 0 Å². The summed E-state index contributed by atoms with van der Waals surface area (Å²) in [6.07, 6.45) is 0.878. The van der Waals surface area contributed by atoms with Crippen LogP contribution < -0.4 is 14.8 Å². The number of rotatable bonds is 4. The first-order valence-corrected chi connectivity index (χ1v) is 7.32. The van der Waals surface area contributed by atoms with E-state index < -0.39 is 6.09 Å². The van der Waals surface area contributed by atoms with Crippen LogP contribution in [0, 0.1) is 0 Å². The van der Waals surface area contributed by atoms with Crippen LogP contribution in [0.25, 0.3) is 0 Å². The average Bonchev–Trinajstić information content (AvgIpc) is 2.95. The van der Waals surface area contributed by atoms with Gasteiger partial charge in [-0.2, -0.15) is 0 Å². The lowest BCUT2D eigenvalue weighted by atomic mass is 10.1. The van der Waals surface area contributed by atoms with Gasteiger partial charge in [-0.15, -0.1) is 0 Å². The SMILES string of the molecule is O=C(O)N1CCN[C@H](CCOc2ccc3c(c2)CCO3)C1. The Morgan fingerprint density at radius 1 is 1.52 bits per heavy atom. The quantitative estimate of drug-likeness (QED) is 0.876. The number of hydrogen-bond donors (Lipinski definition) is 2. The molecule has 0 saturated carbocycles. The smallest absolute Gasteiger partial charge is 0.407 e. The molecular weight excluding hydrogens is 272 g/mol. The second-order valence-corrected chi connectivity index (χ2v) is 5.38. The van der Waals surface area contributed by atoms with Gasteiger partial charge in [0, 0.05) is 37.7 Å². The van der Waals surface area contributed by atoms with Gasteiger partial charge < -0.3 is 24.8 Å². The molecule has 114 valence electrons. The minimum Gasteiger partial charge on any atom is -0.494 e. The summed E-state index contributed by atoms with van der Waals surface area (Å²) in [4.78, 5) is 12.4. The number of hydrogen-bond acceptors (Lipinski definition) is 4. The molecule has 0 aliphatic carbocycles. The number of carbonyl (C=O) groups is 1. The van der Waals surface area contributed by atoms with E-state index in [1.165, 1.54) is 10.5 Å². The Morgan fingerprint density at radius 2 is 2.43 bits per heavy atom. The van der Waals surface area contributed by atoms with E-state index in [0.29, 0.717) is 26.2 Å². The van der Waals surface area contributed by atoms with Gasteiger partial charge in [0.05, 0.1) is 13.2 Å². The summed E-state index contributed by atoms with van der Waals surface area (Å²) in [5.74, 6) is 1.80. The molecule has 0 spiro atoms. The molecule has 0 bridgehead atoms. The van der Waals surface area contributed by atoms with E-state index in [2.05, 4.69) is 5.32 Å². The topological polar surface area (TPSA) is 71.0 Å². The van der Waals surface area contributed by atoms with Crippen LogP contribution in [-0.2, 0) is 6.42 Å². The largest absolute Gasteiger partial charge is 0.494 e. The van der Waals surface area contributed by atoms with Crippen molar-refractivity contribution in [2.45, 2.75) is 18.9 Å². The second kappa shape index (κ2) is 6.22. The number of ether oxygens (including phenoxy) is 2. The molecule has 1 atom stereocenters. The first-order valence-electron chi connectivity index (χ1n) is 7.32. The Balaban J connectivity index is 1.46. The third kappa shape index (κ3) is 3.39. The van der Waals surface area contributed by atoms with Crippen LogP contribution in [0.3, 0.4) is 0 Å². The van der Waals surface area contributed by atoms with Crippen molar-refractivity contribution in [3.05, 3.63) is 23.8 Å². The van der Waals surface area contributed by atoms with E-state index in [1.807, 2.05) is 18.2 Å². The van der Waals surface area contributed by atoms with Crippen molar-refractivity contribution in [2.75, 3.05) is 32.8 Å². The summed E-state index contributed by atoms with van der Waals surface area (Å²) < 4.78 is 11.2. The molecule has 2 heterocycles. The van der Waals surface area contributed by atoms with Crippen LogP contribution >= 0.6 is 0 Å². The molecule has 21 heavy (non-hydrogen) atoms. The van der Waals surface area contributed by atoms with Crippen LogP contribution in [0.4, 0.5) is 4.79 Å². The highest BCUT2D eigenvalue weighted by Gasteiger charge is 2.22. The molecule has 1 aromatic carbocycles.